The van der Waals surface area contributed by atoms with E-state index in [1.807, 2.05) is 13.1 Å². The van der Waals surface area contributed by atoms with Crippen molar-refractivity contribution in [2.45, 2.75) is 39.3 Å². The van der Waals surface area contributed by atoms with Crippen molar-refractivity contribution in [1.82, 2.24) is 15.3 Å². The Morgan fingerprint density at radius 3 is 2.79 bits per heavy atom. The second kappa shape index (κ2) is 4.57. The first kappa shape index (κ1) is 11.2. The topological polar surface area (TPSA) is 60.9 Å². The van der Waals surface area contributed by atoms with Crippen molar-refractivity contribution in [2.75, 3.05) is 6.61 Å². The normalized spacial score (nSPS) is 12.0. The van der Waals surface area contributed by atoms with Crippen LogP contribution in [0.15, 0.2) is 6.20 Å². The molecule has 0 aliphatic carbocycles. The molecule has 0 aliphatic rings. The third-order valence-electron chi connectivity index (χ3n) is 2.25. The van der Waals surface area contributed by atoms with E-state index in [0.717, 1.165) is 24.5 Å². The van der Waals surface area contributed by atoms with Crippen LogP contribution in [0.3, 0.4) is 0 Å². The van der Waals surface area contributed by atoms with Gasteiger partial charge in [0.05, 0.1) is 0 Å². The van der Waals surface area contributed by atoms with Gasteiger partial charge in [-0.2, -0.15) is 0 Å². The number of aromatic nitrogens is 2. The summed E-state index contributed by atoms with van der Waals surface area (Å²) in [4.78, 5) is 7.27. The Bertz CT molecular complexity index is 281. The van der Waals surface area contributed by atoms with Crippen molar-refractivity contribution in [3.8, 4) is 0 Å². The predicted molar refractivity (Wildman–Crippen MR) is 55.9 cm³/mol. The largest absolute Gasteiger partial charge is 0.396 e. The zero-order valence-electron chi connectivity index (χ0n) is 9.09. The van der Waals surface area contributed by atoms with Crippen molar-refractivity contribution in [2.24, 2.45) is 0 Å². The van der Waals surface area contributed by atoms with Crippen LogP contribution in [-0.2, 0) is 6.54 Å². The fraction of sp³-hybridized carbons (Fsp3) is 0.700. The van der Waals surface area contributed by atoms with E-state index in [9.17, 15) is 0 Å². The molecule has 0 saturated heterocycles. The summed E-state index contributed by atoms with van der Waals surface area (Å²) < 4.78 is 0. The van der Waals surface area contributed by atoms with E-state index in [-0.39, 0.29) is 12.1 Å². The number of H-pyrrole nitrogens is 1. The van der Waals surface area contributed by atoms with Crippen molar-refractivity contribution in [3.05, 3.63) is 17.7 Å². The molecule has 1 rings (SSSR count). The fourth-order valence-electron chi connectivity index (χ4n) is 1.26. The maximum atomic E-state index is 8.84. The van der Waals surface area contributed by atoms with Gasteiger partial charge < -0.3 is 15.4 Å². The summed E-state index contributed by atoms with van der Waals surface area (Å²) in [6.45, 7) is 7.05. The number of nitrogens with one attached hydrogen (secondary N) is 2. The first-order valence-corrected chi connectivity index (χ1v) is 4.90. The summed E-state index contributed by atoms with van der Waals surface area (Å²) in [6.07, 6.45) is 2.58. The Labute approximate surface area is 84.8 Å². The van der Waals surface area contributed by atoms with E-state index in [1.165, 1.54) is 0 Å². The average molecular weight is 197 g/mol. The van der Waals surface area contributed by atoms with Crippen LogP contribution < -0.4 is 5.32 Å². The lowest BCUT2D eigenvalue weighted by Gasteiger charge is -2.24. The van der Waals surface area contributed by atoms with Crippen LogP contribution in [0.4, 0.5) is 0 Å². The maximum Gasteiger partial charge on any atom is 0.103 e. The second-order valence-corrected chi connectivity index (χ2v) is 4.20. The first-order valence-electron chi connectivity index (χ1n) is 4.90. The molecule has 3 N–H and O–H groups in total. The zero-order chi connectivity index (χ0) is 10.6. The van der Waals surface area contributed by atoms with E-state index in [4.69, 9.17) is 5.11 Å². The van der Waals surface area contributed by atoms with Gasteiger partial charge in [-0.05, 0) is 27.2 Å². The SMILES string of the molecule is Cc1ncc(CNC(C)(C)CCO)[nH]1. The standard InChI is InChI=1S/C10H19N3O/c1-8-11-6-9(13-8)7-12-10(2,3)4-5-14/h6,12,14H,4-5,7H2,1-3H3,(H,11,13). The second-order valence-electron chi connectivity index (χ2n) is 4.20. The first-order chi connectivity index (χ1) is 6.53. The van der Waals surface area contributed by atoms with Crippen LogP contribution in [0.1, 0.15) is 31.8 Å². The van der Waals surface area contributed by atoms with Gasteiger partial charge in [0, 0.05) is 30.6 Å². The van der Waals surface area contributed by atoms with E-state index < -0.39 is 0 Å². The average Bonchev–Trinajstić information content (AvgIpc) is 2.48. The predicted octanol–water partition coefficient (Wildman–Crippen LogP) is 0.969. The van der Waals surface area contributed by atoms with Crippen molar-refractivity contribution < 1.29 is 5.11 Å². The van der Waals surface area contributed by atoms with Crippen molar-refractivity contribution >= 4 is 0 Å². The lowest BCUT2D eigenvalue weighted by molar-refractivity contribution is 0.229. The molecule has 4 heteroatoms. The Hall–Kier alpha value is -0.870. The van der Waals surface area contributed by atoms with Gasteiger partial charge in [-0.1, -0.05) is 0 Å². The van der Waals surface area contributed by atoms with Crippen molar-refractivity contribution in [1.29, 1.82) is 0 Å². The number of aromatic amines is 1. The fourth-order valence-corrected chi connectivity index (χ4v) is 1.26. The molecule has 14 heavy (non-hydrogen) atoms. The number of aliphatic hydroxyl groups is 1. The summed E-state index contributed by atoms with van der Waals surface area (Å²) in [5.74, 6) is 0.932. The number of aryl methyl sites for hydroxylation is 1. The molecule has 0 radical (unpaired) electrons. The molecule has 0 unspecified atom stereocenters. The summed E-state index contributed by atoms with van der Waals surface area (Å²) in [6, 6.07) is 0. The number of nitrogens with zero attached hydrogens (tertiary/aromatic N) is 1. The molecule has 80 valence electrons. The summed E-state index contributed by atoms with van der Waals surface area (Å²) in [5, 5.41) is 12.2. The molecule has 0 aliphatic heterocycles. The molecule has 0 spiro atoms. The lowest BCUT2D eigenvalue weighted by atomic mass is 10.0. The molecule has 0 amide bonds. The Morgan fingerprint density at radius 2 is 2.29 bits per heavy atom. The minimum Gasteiger partial charge on any atom is -0.396 e. The van der Waals surface area contributed by atoms with Gasteiger partial charge in [0.25, 0.3) is 0 Å². The Balaban J connectivity index is 2.40. The summed E-state index contributed by atoms with van der Waals surface area (Å²) >= 11 is 0. The molecule has 4 nitrogen and oxygen atoms in total. The quantitative estimate of drug-likeness (QED) is 0.659. The molecular formula is C10H19N3O. The number of hydrogen-bond acceptors (Lipinski definition) is 3. The molecular weight excluding hydrogens is 178 g/mol. The van der Waals surface area contributed by atoms with Gasteiger partial charge in [0.1, 0.15) is 5.82 Å². The smallest absolute Gasteiger partial charge is 0.103 e. The van der Waals surface area contributed by atoms with E-state index in [1.54, 1.807) is 0 Å². The minimum atomic E-state index is -0.0340. The molecule has 1 heterocycles. The van der Waals surface area contributed by atoms with Crippen molar-refractivity contribution in [3.63, 3.8) is 0 Å². The van der Waals surface area contributed by atoms with Gasteiger partial charge in [0.15, 0.2) is 0 Å². The van der Waals surface area contributed by atoms with Crippen LogP contribution in [0.5, 0.6) is 0 Å². The monoisotopic (exact) mass is 197 g/mol. The van der Waals surface area contributed by atoms with Crippen LogP contribution in [0.25, 0.3) is 0 Å². The van der Waals surface area contributed by atoms with E-state index in [2.05, 4.69) is 29.1 Å². The van der Waals surface area contributed by atoms with Gasteiger partial charge >= 0.3 is 0 Å². The number of imidazole rings is 1. The maximum absolute atomic E-state index is 8.84. The van der Waals surface area contributed by atoms with Crippen LogP contribution in [-0.4, -0.2) is 27.2 Å². The molecule has 0 aromatic carbocycles. The van der Waals surface area contributed by atoms with Gasteiger partial charge in [-0.25, -0.2) is 4.98 Å². The molecule has 0 bridgehead atoms. The van der Waals surface area contributed by atoms with E-state index in [0.29, 0.717) is 0 Å². The number of rotatable bonds is 5. The van der Waals surface area contributed by atoms with Gasteiger partial charge in [-0.15, -0.1) is 0 Å². The highest BCUT2D eigenvalue weighted by Crippen LogP contribution is 2.08. The highest BCUT2D eigenvalue weighted by molar-refractivity contribution is 5.00. The van der Waals surface area contributed by atoms with E-state index >= 15 is 0 Å². The Morgan fingerprint density at radius 1 is 1.57 bits per heavy atom. The molecule has 1 aromatic rings. The van der Waals surface area contributed by atoms with Gasteiger partial charge in [-0.3, -0.25) is 0 Å². The summed E-state index contributed by atoms with van der Waals surface area (Å²) in [7, 11) is 0. The number of hydrogen-bond donors (Lipinski definition) is 3. The highest BCUT2D eigenvalue weighted by atomic mass is 16.3. The van der Waals surface area contributed by atoms with Crippen LogP contribution >= 0.6 is 0 Å². The van der Waals surface area contributed by atoms with Crippen LogP contribution in [0, 0.1) is 6.92 Å². The van der Waals surface area contributed by atoms with Gasteiger partial charge in [0.2, 0.25) is 0 Å². The molecule has 1 aromatic heterocycles. The summed E-state index contributed by atoms with van der Waals surface area (Å²) in [5.41, 5.74) is 1.04. The Kier molecular flexibility index (Phi) is 3.66. The molecule has 0 atom stereocenters. The minimum absolute atomic E-state index is 0.0340. The lowest BCUT2D eigenvalue weighted by Crippen LogP contribution is -2.39. The third-order valence-corrected chi connectivity index (χ3v) is 2.25. The third kappa shape index (κ3) is 3.47. The van der Waals surface area contributed by atoms with Crippen LogP contribution in [0.2, 0.25) is 0 Å². The molecule has 0 saturated carbocycles. The zero-order valence-corrected chi connectivity index (χ0v) is 9.09. The highest BCUT2D eigenvalue weighted by Gasteiger charge is 2.15. The molecule has 0 fully saturated rings. The number of aliphatic hydroxyl groups excluding tert-OH is 1.